The van der Waals surface area contributed by atoms with Gasteiger partial charge in [0.25, 0.3) is 17.5 Å². The topological polar surface area (TPSA) is 98.5 Å². The Morgan fingerprint density at radius 1 is 1.36 bits per heavy atom. The third-order valence-corrected chi connectivity index (χ3v) is 3.15. The summed E-state index contributed by atoms with van der Waals surface area (Å²) in [7, 11) is 0. The third-order valence-electron chi connectivity index (χ3n) is 3.15. The molecule has 1 N–H and O–H groups in total. The number of hydrogen-bond donors (Lipinski definition) is 1. The summed E-state index contributed by atoms with van der Waals surface area (Å²) in [6.07, 6.45) is 0.804. The molecule has 0 saturated carbocycles. The number of hydrogen-bond acceptors (Lipinski definition) is 6. The molecule has 0 aliphatic carbocycles. The third kappa shape index (κ3) is 3.57. The van der Waals surface area contributed by atoms with Crippen molar-refractivity contribution in [3.8, 4) is 0 Å². The lowest BCUT2D eigenvalue weighted by molar-refractivity contribution is -0.124. The maximum absolute atomic E-state index is 11.9. The standard InChI is InChI=1S/C14H19N5O3/c1-5-8(2)15-11(20)7-22-13(21)12-17-14-16-9(3)6-10(4)19(14)18-12/h6,8H,5,7H2,1-4H3,(H,15,20). The molecule has 0 radical (unpaired) electrons. The molecule has 8 heteroatoms. The normalized spacial score (nSPS) is 12.2. The van der Waals surface area contributed by atoms with E-state index in [9.17, 15) is 9.59 Å². The molecule has 2 aromatic rings. The molecule has 1 amide bonds. The summed E-state index contributed by atoms with van der Waals surface area (Å²) in [6, 6.07) is 1.87. The second kappa shape index (κ2) is 6.50. The fraction of sp³-hybridized carbons (Fsp3) is 0.500. The number of ether oxygens (including phenoxy) is 1. The fourth-order valence-corrected chi connectivity index (χ4v) is 1.87. The summed E-state index contributed by atoms with van der Waals surface area (Å²) in [5, 5.41) is 6.75. The van der Waals surface area contributed by atoms with Crippen LogP contribution in [-0.2, 0) is 9.53 Å². The molecular formula is C14H19N5O3. The molecule has 118 valence electrons. The van der Waals surface area contributed by atoms with Crippen LogP contribution in [0.4, 0.5) is 0 Å². The lowest BCUT2D eigenvalue weighted by Gasteiger charge is -2.10. The van der Waals surface area contributed by atoms with Crippen LogP contribution in [0.3, 0.4) is 0 Å². The number of carbonyl (C=O) groups is 2. The van der Waals surface area contributed by atoms with Crippen LogP contribution in [0.15, 0.2) is 6.07 Å². The van der Waals surface area contributed by atoms with Crippen LogP contribution in [-0.4, -0.2) is 44.1 Å². The van der Waals surface area contributed by atoms with Crippen molar-refractivity contribution >= 4 is 17.7 Å². The molecule has 8 nitrogen and oxygen atoms in total. The average molecular weight is 305 g/mol. The number of nitrogens with zero attached hydrogens (tertiary/aromatic N) is 4. The van der Waals surface area contributed by atoms with E-state index in [2.05, 4.69) is 20.4 Å². The monoisotopic (exact) mass is 305 g/mol. The summed E-state index contributed by atoms with van der Waals surface area (Å²) >= 11 is 0. The smallest absolute Gasteiger partial charge is 0.378 e. The second-order valence-electron chi connectivity index (χ2n) is 5.14. The van der Waals surface area contributed by atoms with Crippen LogP contribution in [0, 0.1) is 13.8 Å². The summed E-state index contributed by atoms with van der Waals surface area (Å²) in [5.74, 6) is -0.885. The van der Waals surface area contributed by atoms with Gasteiger partial charge in [-0.1, -0.05) is 6.92 Å². The quantitative estimate of drug-likeness (QED) is 0.821. The first-order valence-electron chi connectivity index (χ1n) is 7.08. The van der Waals surface area contributed by atoms with Gasteiger partial charge in [-0.3, -0.25) is 4.79 Å². The molecule has 0 aliphatic heterocycles. The number of aromatic nitrogens is 4. The van der Waals surface area contributed by atoms with Gasteiger partial charge in [0.2, 0.25) is 0 Å². The Morgan fingerprint density at radius 2 is 2.09 bits per heavy atom. The first kappa shape index (κ1) is 15.9. The van der Waals surface area contributed by atoms with E-state index in [1.807, 2.05) is 33.8 Å². The van der Waals surface area contributed by atoms with Gasteiger partial charge in [-0.25, -0.2) is 14.3 Å². The molecule has 0 fully saturated rings. The summed E-state index contributed by atoms with van der Waals surface area (Å²) < 4.78 is 6.38. The molecule has 0 bridgehead atoms. The van der Waals surface area contributed by atoms with Crippen LogP contribution in [0.1, 0.15) is 42.3 Å². The molecular weight excluding hydrogens is 286 g/mol. The van der Waals surface area contributed by atoms with Crippen molar-refractivity contribution in [2.75, 3.05) is 6.61 Å². The minimum absolute atomic E-state index is 0.0364. The Labute approximate surface area is 127 Å². The van der Waals surface area contributed by atoms with E-state index in [1.165, 1.54) is 4.52 Å². The fourth-order valence-electron chi connectivity index (χ4n) is 1.87. The molecule has 2 aromatic heterocycles. The zero-order valence-electron chi connectivity index (χ0n) is 13.1. The maximum Gasteiger partial charge on any atom is 0.378 e. The molecule has 0 aliphatic rings. The highest BCUT2D eigenvalue weighted by atomic mass is 16.5. The zero-order valence-corrected chi connectivity index (χ0v) is 13.1. The minimum atomic E-state index is -0.748. The Morgan fingerprint density at radius 3 is 2.77 bits per heavy atom. The molecule has 2 rings (SSSR count). The van der Waals surface area contributed by atoms with Gasteiger partial charge in [0.15, 0.2) is 6.61 Å². The Kier molecular flexibility index (Phi) is 4.69. The van der Waals surface area contributed by atoms with E-state index >= 15 is 0 Å². The summed E-state index contributed by atoms with van der Waals surface area (Å²) in [4.78, 5) is 31.7. The highest BCUT2D eigenvalue weighted by Gasteiger charge is 2.18. The lowest BCUT2D eigenvalue weighted by Crippen LogP contribution is -2.35. The SMILES string of the molecule is CCC(C)NC(=O)COC(=O)c1nc2nc(C)cc(C)n2n1. The van der Waals surface area contributed by atoms with Gasteiger partial charge in [-0.15, -0.1) is 5.10 Å². The van der Waals surface area contributed by atoms with E-state index in [0.717, 1.165) is 17.8 Å². The van der Waals surface area contributed by atoms with Gasteiger partial charge in [0, 0.05) is 17.4 Å². The van der Waals surface area contributed by atoms with Crippen LogP contribution in [0.25, 0.3) is 5.78 Å². The minimum Gasteiger partial charge on any atom is -0.450 e. The number of esters is 1. The highest BCUT2D eigenvalue weighted by molar-refractivity contribution is 5.88. The number of aryl methyl sites for hydroxylation is 2. The molecule has 1 atom stereocenters. The first-order valence-corrected chi connectivity index (χ1v) is 7.08. The van der Waals surface area contributed by atoms with Gasteiger partial charge >= 0.3 is 5.97 Å². The van der Waals surface area contributed by atoms with Crippen molar-refractivity contribution in [3.05, 3.63) is 23.3 Å². The molecule has 2 heterocycles. The number of amides is 1. The Balaban J connectivity index is 2.04. The van der Waals surface area contributed by atoms with Gasteiger partial charge in [0.05, 0.1) is 0 Å². The van der Waals surface area contributed by atoms with Crippen LogP contribution < -0.4 is 5.32 Å². The van der Waals surface area contributed by atoms with Gasteiger partial charge in [-0.05, 0) is 33.3 Å². The molecule has 22 heavy (non-hydrogen) atoms. The zero-order chi connectivity index (χ0) is 16.3. The molecule has 1 unspecified atom stereocenters. The Bertz CT molecular complexity index is 710. The van der Waals surface area contributed by atoms with Crippen LogP contribution >= 0.6 is 0 Å². The molecule has 0 spiro atoms. The largest absolute Gasteiger partial charge is 0.450 e. The highest BCUT2D eigenvalue weighted by Crippen LogP contribution is 2.06. The van der Waals surface area contributed by atoms with Crippen molar-refractivity contribution in [2.45, 2.75) is 40.2 Å². The van der Waals surface area contributed by atoms with Crippen molar-refractivity contribution in [3.63, 3.8) is 0 Å². The van der Waals surface area contributed by atoms with Crippen molar-refractivity contribution < 1.29 is 14.3 Å². The average Bonchev–Trinajstić information content (AvgIpc) is 2.88. The van der Waals surface area contributed by atoms with E-state index in [1.54, 1.807) is 0 Å². The summed E-state index contributed by atoms with van der Waals surface area (Å²) in [5.41, 5.74) is 1.59. The number of rotatable bonds is 5. The van der Waals surface area contributed by atoms with Crippen molar-refractivity contribution in [1.82, 2.24) is 24.9 Å². The molecule has 0 saturated heterocycles. The second-order valence-corrected chi connectivity index (χ2v) is 5.14. The van der Waals surface area contributed by atoms with Crippen molar-refractivity contribution in [1.29, 1.82) is 0 Å². The molecule has 0 aromatic carbocycles. The number of nitrogens with one attached hydrogen (secondary N) is 1. The van der Waals surface area contributed by atoms with Crippen molar-refractivity contribution in [2.24, 2.45) is 0 Å². The van der Waals surface area contributed by atoms with Crippen LogP contribution in [0.5, 0.6) is 0 Å². The predicted molar refractivity (Wildman–Crippen MR) is 78.4 cm³/mol. The van der Waals surface area contributed by atoms with Crippen LogP contribution in [0.2, 0.25) is 0 Å². The Hall–Kier alpha value is -2.51. The van der Waals surface area contributed by atoms with E-state index in [-0.39, 0.29) is 24.4 Å². The lowest BCUT2D eigenvalue weighted by atomic mass is 10.2. The maximum atomic E-state index is 11.9. The van der Waals surface area contributed by atoms with Gasteiger partial charge in [0.1, 0.15) is 0 Å². The van der Waals surface area contributed by atoms with E-state index < -0.39 is 5.97 Å². The number of fused-ring (bicyclic) bond motifs is 1. The van der Waals surface area contributed by atoms with Gasteiger partial charge in [-0.2, -0.15) is 4.98 Å². The summed E-state index contributed by atoms with van der Waals surface area (Å²) in [6.45, 7) is 7.14. The van der Waals surface area contributed by atoms with E-state index in [0.29, 0.717) is 5.78 Å². The van der Waals surface area contributed by atoms with Gasteiger partial charge < -0.3 is 10.1 Å². The predicted octanol–water partition coefficient (Wildman–Crippen LogP) is 0.813. The number of carbonyl (C=O) groups excluding carboxylic acids is 2. The first-order chi connectivity index (χ1) is 10.4. The van der Waals surface area contributed by atoms with E-state index in [4.69, 9.17) is 4.74 Å².